The molecule has 0 aromatic heterocycles. The van der Waals surface area contributed by atoms with Gasteiger partial charge in [0, 0.05) is 11.4 Å². The minimum Gasteiger partial charge on any atom is -0.345 e. The van der Waals surface area contributed by atoms with Crippen LogP contribution in [0.4, 0.5) is 16.2 Å². The summed E-state index contributed by atoms with van der Waals surface area (Å²) in [4.78, 5) is 25.0. The Morgan fingerprint density at radius 3 is 2.03 bits per heavy atom. The minimum absolute atomic E-state index is 0.0147. The lowest BCUT2D eigenvalue weighted by atomic mass is 10.1. The fraction of sp³-hybridized carbons (Fsp3) is 0.200. The molecule has 7 nitrogen and oxygen atoms in total. The van der Waals surface area contributed by atoms with Gasteiger partial charge >= 0.3 is 6.03 Å². The Morgan fingerprint density at radius 1 is 0.818 bits per heavy atom. The number of benzene rings is 3. The van der Waals surface area contributed by atoms with E-state index < -0.39 is 15.7 Å². The standard InChI is InChI=1S/C25H27N3O4S/c1-3-17-33(31,32)23-12-8-7-11-22(23)24(29)26-18(2)19-13-15-21(16-14-19)28-25(30)27-20-9-5-4-6-10-20/h4-16,18H,3,17H2,1-2H3,(H,26,29)(H2,27,28,30). The predicted molar refractivity (Wildman–Crippen MR) is 130 cm³/mol. The first-order valence-electron chi connectivity index (χ1n) is 10.7. The number of hydrogen-bond donors (Lipinski definition) is 3. The Morgan fingerprint density at radius 2 is 1.39 bits per heavy atom. The van der Waals surface area contributed by atoms with Crippen LogP contribution in [0, 0.1) is 0 Å². The molecule has 3 aromatic rings. The quantitative estimate of drug-likeness (QED) is 0.435. The highest BCUT2D eigenvalue weighted by molar-refractivity contribution is 7.91. The lowest BCUT2D eigenvalue weighted by Crippen LogP contribution is -2.28. The van der Waals surface area contributed by atoms with Gasteiger partial charge in [0.25, 0.3) is 5.91 Å². The SMILES string of the molecule is CCCS(=O)(=O)c1ccccc1C(=O)NC(C)c1ccc(NC(=O)Nc2ccccc2)cc1. The number of anilines is 2. The number of para-hydroxylation sites is 1. The van der Waals surface area contributed by atoms with Crippen LogP contribution in [-0.2, 0) is 9.84 Å². The molecule has 3 aromatic carbocycles. The molecule has 0 heterocycles. The molecule has 0 fully saturated rings. The van der Waals surface area contributed by atoms with Crippen LogP contribution in [0.5, 0.6) is 0 Å². The van der Waals surface area contributed by atoms with Gasteiger partial charge in [-0.2, -0.15) is 0 Å². The third-order valence-electron chi connectivity index (χ3n) is 4.99. The van der Waals surface area contributed by atoms with E-state index in [1.165, 1.54) is 12.1 Å². The van der Waals surface area contributed by atoms with Gasteiger partial charge in [0.15, 0.2) is 9.84 Å². The zero-order chi connectivity index (χ0) is 23.8. The first kappa shape index (κ1) is 24.0. The lowest BCUT2D eigenvalue weighted by Gasteiger charge is -2.17. The molecule has 8 heteroatoms. The second-order valence-corrected chi connectivity index (χ2v) is 9.65. The van der Waals surface area contributed by atoms with Gasteiger partial charge in [0.1, 0.15) is 0 Å². The summed E-state index contributed by atoms with van der Waals surface area (Å²) >= 11 is 0. The molecular formula is C25H27N3O4S. The molecular weight excluding hydrogens is 438 g/mol. The highest BCUT2D eigenvalue weighted by Crippen LogP contribution is 2.21. The van der Waals surface area contributed by atoms with E-state index in [-0.39, 0.29) is 28.3 Å². The Balaban J connectivity index is 1.65. The highest BCUT2D eigenvalue weighted by atomic mass is 32.2. The van der Waals surface area contributed by atoms with E-state index in [4.69, 9.17) is 0 Å². The third-order valence-corrected chi connectivity index (χ3v) is 6.96. The van der Waals surface area contributed by atoms with Crippen LogP contribution in [0.1, 0.15) is 42.2 Å². The van der Waals surface area contributed by atoms with Gasteiger partial charge in [0.05, 0.1) is 22.3 Å². The Hall–Kier alpha value is -3.65. The molecule has 0 saturated carbocycles. The van der Waals surface area contributed by atoms with Gasteiger partial charge in [-0.3, -0.25) is 4.79 Å². The summed E-state index contributed by atoms with van der Waals surface area (Å²) in [6.07, 6.45) is 0.471. The number of carbonyl (C=O) groups is 2. The van der Waals surface area contributed by atoms with E-state index in [0.717, 1.165) is 5.56 Å². The zero-order valence-corrected chi connectivity index (χ0v) is 19.4. The lowest BCUT2D eigenvalue weighted by molar-refractivity contribution is 0.0936. The van der Waals surface area contributed by atoms with E-state index in [2.05, 4.69) is 16.0 Å². The number of urea groups is 1. The molecule has 0 aliphatic rings. The van der Waals surface area contributed by atoms with Crippen molar-refractivity contribution in [2.45, 2.75) is 31.2 Å². The van der Waals surface area contributed by atoms with Crippen molar-refractivity contribution in [1.82, 2.24) is 5.32 Å². The molecule has 3 amide bonds. The maximum absolute atomic E-state index is 12.8. The largest absolute Gasteiger partial charge is 0.345 e. The molecule has 3 N–H and O–H groups in total. The predicted octanol–water partition coefficient (Wildman–Crippen LogP) is 5.01. The fourth-order valence-electron chi connectivity index (χ4n) is 3.33. The van der Waals surface area contributed by atoms with Crippen molar-refractivity contribution in [3.05, 3.63) is 90.0 Å². The topological polar surface area (TPSA) is 104 Å². The normalized spacial score (nSPS) is 11.9. The third kappa shape index (κ3) is 6.43. The monoisotopic (exact) mass is 465 g/mol. The first-order chi connectivity index (χ1) is 15.8. The second-order valence-electron chi connectivity index (χ2n) is 7.58. The molecule has 33 heavy (non-hydrogen) atoms. The second kappa shape index (κ2) is 10.8. The Kier molecular flexibility index (Phi) is 7.84. The van der Waals surface area contributed by atoms with Crippen LogP contribution in [0.3, 0.4) is 0 Å². The number of carbonyl (C=O) groups excluding carboxylic acids is 2. The molecule has 1 unspecified atom stereocenters. The summed E-state index contributed by atoms with van der Waals surface area (Å²) in [5.74, 6) is -0.471. The molecule has 0 aliphatic heterocycles. The molecule has 1 atom stereocenters. The van der Waals surface area contributed by atoms with E-state index >= 15 is 0 Å². The van der Waals surface area contributed by atoms with Crippen LogP contribution in [0.2, 0.25) is 0 Å². The van der Waals surface area contributed by atoms with Gasteiger partial charge in [-0.1, -0.05) is 49.4 Å². The number of sulfone groups is 1. The van der Waals surface area contributed by atoms with Crippen LogP contribution in [0.25, 0.3) is 0 Å². The van der Waals surface area contributed by atoms with Crippen molar-refractivity contribution >= 4 is 33.2 Å². The average Bonchev–Trinajstić information content (AvgIpc) is 2.80. The highest BCUT2D eigenvalue weighted by Gasteiger charge is 2.22. The summed E-state index contributed by atoms with van der Waals surface area (Å²) in [5.41, 5.74) is 2.23. The fourth-order valence-corrected chi connectivity index (χ4v) is 4.87. The van der Waals surface area contributed by atoms with Crippen LogP contribution in [0.15, 0.2) is 83.8 Å². The molecule has 0 spiro atoms. The van der Waals surface area contributed by atoms with Crippen molar-refractivity contribution in [2.24, 2.45) is 0 Å². The van der Waals surface area contributed by atoms with Gasteiger partial charge in [0.2, 0.25) is 0 Å². The number of rotatable bonds is 8. The maximum Gasteiger partial charge on any atom is 0.323 e. The van der Waals surface area contributed by atoms with E-state index in [0.29, 0.717) is 17.8 Å². The summed E-state index contributed by atoms with van der Waals surface area (Å²) in [5, 5.41) is 8.35. The summed E-state index contributed by atoms with van der Waals surface area (Å²) in [6, 6.07) is 21.7. The smallest absolute Gasteiger partial charge is 0.323 e. The summed E-state index contributed by atoms with van der Waals surface area (Å²) in [6.45, 7) is 3.59. The zero-order valence-electron chi connectivity index (χ0n) is 18.5. The summed E-state index contributed by atoms with van der Waals surface area (Å²) < 4.78 is 25.1. The number of nitrogens with one attached hydrogen (secondary N) is 3. The van der Waals surface area contributed by atoms with E-state index in [1.54, 1.807) is 55.5 Å². The molecule has 172 valence electrons. The molecule has 0 aliphatic carbocycles. The van der Waals surface area contributed by atoms with Gasteiger partial charge in [-0.05, 0) is 55.3 Å². The van der Waals surface area contributed by atoms with Crippen molar-refractivity contribution in [2.75, 3.05) is 16.4 Å². The van der Waals surface area contributed by atoms with Gasteiger partial charge in [-0.25, -0.2) is 13.2 Å². The van der Waals surface area contributed by atoms with Gasteiger partial charge in [-0.15, -0.1) is 0 Å². The van der Waals surface area contributed by atoms with Crippen LogP contribution >= 0.6 is 0 Å². The van der Waals surface area contributed by atoms with Gasteiger partial charge < -0.3 is 16.0 Å². The van der Waals surface area contributed by atoms with Crippen LogP contribution in [-0.4, -0.2) is 26.1 Å². The van der Waals surface area contributed by atoms with Crippen molar-refractivity contribution < 1.29 is 18.0 Å². The van der Waals surface area contributed by atoms with Crippen molar-refractivity contribution in [3.8, 4) is 0 Å². The minimum atomic E-state index is -3.53. The Labute approximate surface area is 194 Å². The van der Waals surface area contributed by atoms with Crippen molar-refractivity contribution in [1.29, 1.82) is 0 Å². The molecule has 0 bridgehead atoms. The van der Waals surface area contributed by atoms with Crippen molar-refractivity contribution in [3.63, 3.8) is 0 Å². The number of hydrogen-bond acceptors (Lipinski definition) is 4. The molecule has 0 saturated heterocycles. The van der Waals surface area contributed by atoms with Crippen LogP contribution < -0.4 is 16.0 Å². The summed E-state index contributed by atoms with van der Waals surface area (Å²) in [7, 11) is -3.53. The van der Waals surface area contributed by atoms with E-state index in [1.807, 2.05) is 25.1 Å². The average molecular weight is 466 g/mol. The maximum atomic E-state index is 12.8. The first-order valence-corrected chi connectivity index (χ1v) is 12.3. The molecule has 3 rings (SSSR count). The number of amides is 3. The molecule has 0 radical (unpaired) electrons. The van der Waals surface area contributed by atoms with E-state index in [9.17, 15) is 18.0 Å². The Bertz CT molecular complexity index is 1210.